The Kier molecular flexibility index (Phi) is 3.01. The van der Waals surface area contributed by atoms with E-state index < -0.39 is 6.10 Å². The predicted octanol–water partition coefficient (Wildman–Crippen LogP) is 2.12. The second-order valence-corrected chi connectivity index (χ2v) is 3.53. The summed E-state index contributed by atoms with van der Waals surface area (Å²) in [6, 6.07) is 5.93. The Morgan fingerprint density at radius 3 is 3.00 bits per heavy atom. The maximum absolute atomic E-state index is 13.0. The summed E-state index contributed by atoms with van der Waals surface area (Å²) in [7, 11) is 0. The van der Waals surface area contributed by atoms with Crippen LogP contribution in [0.25, 0.3) is 0 Å². The third-order valence-corrected chi connectivity index (χ3v) is 2.50. The number of imidazole rings is 1. The van der Waals surface area contributed by atoms with Crippen LogP contribution in [0.1, 0.15) is 24.4 Å². The van der Waals surface area contributed by atoms with Crippen molar-refractivity contribution >= 4 is 0 Å². The zero-order valence-corrected chi connectivity index (χ0v) is 8.97. The number of hydrogen-bond donors (Lipinski definition) is 1. The second-order valence-electron chi connectivity index (χ2n) is 3.53. The standard InChI is InChI=1S/C12H13FN2O/c1-2-15-7-6-14-12(15)11(16)9-4-3-5-10(13)8-9/h3-8,11,16H,2H2,1H3. The molecule has 2 rings (SSSR count). The van der Waals surface area contributed by atoms with Gasteiger partial charge < -0.3 is 9.67 Å². The molecule has 0 aliphatic carbocycles. The molecule has 1 N–H and O–H groups in total. The second kappa shape index (κ2) is 4.45. The molecule has 84 valence electrons. The number of hydrogen-bond acceptors (Lipinski definition) is 2. The van der Waals surface area contributed by atoms with Gasteiger partial charge in [0.2, 0.25) is 0 Å². The lowest BCUT2D eigenvalue weighted by molar-refractivity contribution is 0.204. The fourth-order valence-corrected chi connectivity index (χ4v) is 1.66. The molecule has 0 bridgehead atoms. The lowest BCUT2D eigenvalue weighted by Gasteiger charge is -2.12. The molecule has 0 spiro atoms. The summed E-state index contributed by atoms with van der Waals surface area (Å²) in [5, 5.41) is 10.1. The highest BCUT2D eigenvalue weighted by Crippen LogP contribution is 2.20. The molecule has 1 aromatic carbocycles. The summed E-state index contributed by atoms with van der Waals surface area (Å²) in [5.74, 6) is 0.180. The van der Waals surface area contributed by atoms with E-state index in [1.54, 1.807) is 24.5 Å². The van der Waals surface area contributed by atoms with Crippen LogP contribution in [0.15, 0.2) is 36.7 Å². The third-order valence-electron chi connectivity index (χ3n) is 2.50. The average Bonchev–Trinajstić information content (AvgIpc) is 2.76. The first kappa shape index (κ1) is 10.8. The predicted molar refractivity (Wildman–Crippen MR) is 58.4 cm³/mol. The molecule has 1 atom stereocenters. The van der Waals surface area contributed by atoms with Crippen LogP contribution in [-0.2, 0) is 6.54 Å². The highest BCUT2D eigenvalue weighted by Gasteiger charge is 2.15. The van der Waals surface area contributed by atoms with E-state index in [-0.39, 0.29) is 5.82 Å². The van der Waals surface area contributed by atoms with Crippen molar-refractivity contribution < 1.29 is 9.50 Å². The normalized spacial score (nSPS) is 12.7. The number of aryl methyl sites for hydroxylation is 1. The first-order chi connectivity index (χ1) is 7.72. The molecule has 0 fully saturated rings. The number of aliphatic hydroxyl groups excluding tert-OH is 1. The number of halogens is 1. The summed E-state index contributed by atoms with van der Waals surface area (Å²) < 4.78 is 14.8. The fraction of sp³-hybridized carbons (Fsp3) is 0.250. The van der Waals surface area contributed by atoms with Gasteiger partial charge in [0.25, 0.3) is 0 Å². The van der Waals surface area contributed by atoms with Gasteiger partial charge >= 0.3 is 0 Å². The van der Waals surface area contributed by atoms with Crippen LogP contribution >= 0.6 is 0 Å². The molecular formula is C12H13FN2O. The summed E-state index contributed by atoms with van der Waals surface area (Å²) in [4.78, 5) is 4.08. The van der Waals surface area contributed by atoms with E-state index in [1.807, 2.05) is 11.5 Å². The zero-order valence-electron chi connectivity index (χ0n) is 8.97. The van der Waals surface area contributed by atoms with Crippen LogP contribution in [0.4, 0.5) is 4.39 Å². The van der Waals surface area contributed by atoms with Gasteiger partial charge in [0.05, 0.1) is 0 Å². The van der Waals surface area contributed by atoms with Gasteiger partial charge in [-0.25, -0.2) is 9.37 Å². The Morgan fingerprint density at radius 2 is 2.31 bits per heavy atom. The van der Waals surface area contributed by atoms with Crippen molar-refractivity contribution in [1.82, 2.24) is 9.55 Å². The van der Waals surface area contributed by atoms with Gasteiger partial charge in [-0.3, -0.25) is 0 Å². The largest absolute Gasteiger partial charge is 0.380 e. The maximum atomic E-state index is 13.0. The van der Waals surface area contributed by atoms with Gasteiger partial charge in [-0.15, -0.1) is 0 Å². The van der Waals surface area contributed by atoms with E-state index in [9.17, 15) is 9.50 Å². The van der Waals surface area contributed by atoms with E-state index in [1.165, 1.54) is 12.1 Å². The first-order valence-corrected chi connectivity index (χ1v) is 5.17. The Labute approximate surface area is 93.2 Å². The van der Waals surface area contributed by atoms with Crippen LogP contribution in [0, 0.1) is 5.82 Å². The number of aromatic nitrogens is 2. The van der Waals surface area contributed by atoms with E-state index in [0.29, 0.717) is 11.4 Å². The highest BCUT2D eigenvalue weighted by atomic mass is 19.1. The van der Waals surface area contributed by atoms with Crippen molar-refractivity contribution in [2.24, 2.45) is 0 Å². The molecule has 1 heterocycles. The minimum atomic E-state index is -0.884. The molecule has 0 saturated carbocycles. The molecule has 1 unspecified atom stereocenters. The van der Waals surface area contributed by atoms with Gasteiger partial charge in [0.1, 0.15) is 17.7 Å². The summed E-state index contributed by atoms with van der Waals surface area (Å²) >= 11 is 0. The quantitative estimate of drug-likeness (QED) is 0.860. The van der Waals surface area contributed by atoms with Crippen molar-refractivity contribution in [3.05, 3.63) is 53.9 Å². The van der Waals surface area contributed by atoms with E-state index in [4.69, 9.17) is 0 Å². The Hall–Kier alpha value is -1.68. The average molecular weight is 220 g/mol. The number of rotatable bonds is 3. The molecular weight excluding hydrogens is 207 g/mol. The Morgan fingerprint density at radius 1 is 1.50 bits per heavy atom. The molecule has 0 aliphatic heterocycles. The molecule has 16 heavy (non-hydrogen) atoms. The molecule has 4 heteroatoms. The van der Waals surface area contributed by atoms with Crippen LogP contribution in [0.5, 0.6) is 0 Å². The van der Waals surface area contributed by atoms with E-state index >= 15 is 0 Å². The van der Waals surface area contributed by atoms with E-state index in [2.05, 4.69) is 4.98 Å². The SMILES string of the molecule is CCn1ccnc1C(O)c1cccc(F)c1. The molecule has 3 nitrogen and oxygen atoms in total. The van der Waals surface area contributed by atoms with Crippen molar-refractivity contribution in [2.45, 2.75) is 19.6 Å². The monoisotopic (exact) mass is 220 g/mol. The molecule has 0 saturated heterocycles. The molecule has 0 radical (unpaired) electrons. The van der Waals surface area contributed by atoms with Crippen LogP contribution in [0.3, 0.4) is 0 Å². The lowest BCUT2D eigenvalue weighted by atomic mass is 10.1. The molecule has 1 aromatic heterocycles. The number of aliphatic hydroxyl groups is 1. The van der Waals surface area contributed by atoms with Crippen molar-refractivity contribution in [1.29, 1.82) is 0 Å². The molecule has 0 aliphatic rings. The minimum absolute atomic E-state index is 0.355. The van der Waals surface area contributed by atoms with Crippen molar-refractivity contribution in [3.8, 4) is 0 Å². The summed E-state index contributed by atoms with van der Waals surface area (Å²) in [6.07, 6.45) is 2.53. The van der Waals surface area contributed by atoms with Crippen molar-refractivity contribution in [2.75, 3.05) is 0 Å². The highest BCUT2D eigenvalue weighted by molar-refractivity contribution is 5.23. The smallest absolute Gasteiger partial charge is 0.142 e. The number of benzene rings is 1. The van der Waals surface area contributed by atoms with Gasteiger partial charge in [-0.1, -0.05) is 12.1 Å². The van der Waals surface area contributed by atoms with Crippen LogP contribution < -0.4 is 0 Å². The zero-order chi connectivity index (χ0) is 11.5. The van der Waals surface area contributed by atoms with Crippen LogP contribution in [-0.4, -0.2) is 14.7 Å². The first-order valence-electron chi connectivity index (χ1n) is 5.17. The van der Waals surface area contributed by atoms with Crippen LogP contribution in [0.2, 0.25) is 0 Å². The van der Waals surface area contributed by atoms with Gasteiger partial charge in [0, 0.05) is 18.9 Å². The summed E-state index contributed by atoms with van der Waals surface area (Å²) in [5.41, 5.74) is 0.515. The van der Waals surface area contributed by atoms with Gasteiger partial charge in [-0.2, -0.15) is 0 Å². The van der Waals surface area contributed by atoms with Gasteiger partial charge in [0.15, 0.2) is 0 Å². The molecule has 2 aromatic rings. The van der Waals surface area contributed by atoms with Crippen molar-refractivity contribution in [3.63, 3.8) is 0 Å². The number of nitrogens with zero attached hydrogens (tertiary/aromatic N) is 2. The Balaban J connectivity index is 2.35. The third kappa shape index (κ3) is 1.97. The lowest BCUT2D eigenvalue weighted by Crippen LogP contribution is -2.08. The minimum Gasteiger partial charge on any atom is -0.380 e. The van der Waals surface area contributed by atoms with E-state index in [0.717, 1.165) is 6.54 Å². The fourth-order valence-electron chi connectivity index (χ4n) is 1.66. The molecule has 0 amide bonds. The summed E-state index contributed by atoms with van der Waals surface area (Å²) in [6.45, 7) is 2.69. The van der Waals surface area contributed by atoms with Gasteiger partial charge in [-0.05, 0) is 24.6 Å². The maximum Gasteiger partial charge on any atom is 0.142 e. The topological polar surface area (TPSA) is 38.0 Å². The Bertz CT molecular complexity index is 481.